The summed E-state index contributed by atoms with van der Waals surface area (Å²) in [5, 5.41) is 2.87. The number of carbonyl (C=O) groups excluding carboxylic acids is 2. The van der Waals surface area contributed by atoms with E-state index in [0.717, 1.165) is 16.9 Å². The van der Waals surface area contributed by atoms with E-state index in [9.17, 15) is 9.59 Å². The van der Waals surface area contributed by atoms with E-state index in [0.29, 0.717) is 21.2 Å². The standard InChI is InChI=1S/C21H19NO4S/c1-13(23)19-10-11-20(27-19)21(24)22-15-6-9-18(26-3)17(12-15)14-4-7-16(25-2)8-5-14/h4-12H,1-3H3,(H,22,24). The lowest BCUT2D eigenvalue weighted by Crippen LogP contribution is -2.10. The number of benzene rings is 2. The minimum Gasteiger partial charge on any atom is -0.497 e. The Morgan fingerprint density at radius 3 is 2.19 bits per heavy atom. The molecule has 5 nitrogen and oxygen atoms in total. The van der Waals surface area contributed by atoms with Crippen LogP contribution in [0.1, 0.15) is 26.3 Å². The van der Waals surface area contributed by atoms with Crippen molar-refractivity contribution in [2.45, 2.75) is 6.92 Å². The van der Waals surface area contributed by atoms with Gasteiger partial charge in [0.2, 0.25) is 0 Å². The summed E-state index contributed by atoms with van der Waals surface area (Å²) < 4.78 is 10.6. The minimum absolute atomic E-state index is 0.0507. The number of carbonyl (C=O) groups is 2. The molecule has 138 valence electrons. The monoisotopic (exact) mass is 381 g/mol. The number of methoxy groups -OCH3 is 2. The molecule has 3 rings (SSSR count). The molecule has 1 aromatic heterocycles. The third kappa shape index (κ3) is 4.17. The molecule has 0 unspecified atom stereocenters. The summed E-state index contributed by atoms with van der Waals surface area (Å²) in [5.74, 6) is 1.16. The first-order chi connectivity index (χ1) is 13.0. The average molecular weight is 381 g/mol. The van der Waals surface area contributed by atoms with E-state index in [4.69, 9.17) is 9.47 Å². The van der Waals surface area contributed by atoms with Crippen molar-refractivity contribution in [3.8, 4) is 22.6 Å². The first kappa shape index (κ1) is 18.7. The van der Waals surface area contributed by atoms with Crippen LogP contribution in [0.25, 0.3) is 11.1 Å². The molecule has 1 N–H and O–H groups in total. The molecule has 0 bridgehead atoms. The fourth-order valence-electron chi connectivity index (χ4n) is 2.62. The number of hydrogen-bond donors (Lipinski definition) is 1. The third-order valence-corrected chi connectivity index (χ3v) is 5.22. The van der Waals surface area contributed by atoms with Gasteiger partial charge < -0.3 is 14.8 Å². The Bertz CT molecular complexity index is 976. The number of rotatable bonds is 6. The van der Waals surface area contributed by atoms with Gasteiger partial charge in [0.15, 0.2) is 5.78 Å². The molecule has 3 aromatic rings. The number of amides is 1. The second-order valence-corrected chi connectivity index (χ2v) is 6.90. The van der Waals surface area contributed by atoms with Gasteiger partial charge in [0.05, 0.1) is 24.0 Å². The maximum atomic E-state index is 12.5. The van der Waals surface area contributed by atoms with Crippen LogP contribution in [0.2, 0.25) is 0 Å². The van der Waals surface area contributed by atoms with E-state index < -0.39 is 0 Å². The van der Waals surface area contributed by atoms with Crippen LogP contribution >= 0.6 is 11.3 Å². The molecule has 6 heteroatoms. The molecule has 2 aromatic carbocycles. The summed E-state index contributed by atoms with van der Waals surface area (Å²) in [6.07, 6.45) is 0. The van der Waals surface area contributed by atoms with Crippen LogP contribution in [0, 0.1) is 0 Å². The molecular formula is C21H19NO4S. The van der Waals surface area contributed by atoms with E-state index in [-0.39, 0.29) is 11.7 Å². The normalized spacial score (nSPS) is 10.3. The van der Waals surface area contributed by atoms with Gasteiger partial charge >= 0.3 is 0 Å². The van der Waals surface area contributed by atoms with E-state index in [1.807, 2.05) is 36.4 Å². The van der Waals surface area contributed by atoms with Crippen LogP contribution in [0.3, 0.4) is 0 Å². The molecule has 0 spiro atoms. The molecule has 0 saturated carbocycles. The first-order valence-electron chi connectivity index (χ1n) is 8.26. The molecule has 27 heavy (non-hydrogen) atoms. The fourth-order valence-corrected chi connectivity index (χ4v) is 3.42. The SMILES string of the molecule is COc1ccc(-c2cc(NC(=O)c3ccc(C(C)=O)s3)ccc2OC)cc1. The molecule has 0 aliphatic carbocycles. The zero-order valence-corrected chi connectivity index (χ0v) is 16.1. The van der Waals surface area contributed by atoms with Crippen LogP contribution in [0.4, 0.5) is 5.69 Å². The lowest BCUT2D eigenvalue weighted by Gasteiger charge is -2.12. The Kier molecular flexibility index (Phi) is 5.57. The van der Waals surface area contributed by atoms with E-state index in [1.54, 1.807) is 32.4 Å². The van der Waals surface area contributed by atoms with Crippen molar-refractivity contribution >= 4 is 28.7 Å². The molecule has 1 heterocycles. The van der Waals surface area contributed by atoms with Gasteiger partial charge in [-0.25, -0.2) is 0 Å². The van der Waals surface area contributed by atoms with Crippen LogP contribution in [-0.2, 0) is 0 Å². The van der Waals surface area contributed by atoms with Crippen LogP contribution in [-0.4, -0.2) is 25.9 Å². The van der Waals surface area contributed by atoms with E-state index in [1.165, 1.54) is 18.3 Å². The largest absolute Gasteiger partial charge is 0.497 e. The molecule has 0 saturated heterocycles. The van der Waals surface area contributed by atoms with Gasteiger partial charge in [0, 0.05) is 11.3 Å². The summed E-state index contributed by atoms with van der Waals surface area (Å²) in [6.45, 7) is 1.48. The Hall–Kier alpha value is -3.12. The smallest absolute Gasteiger partial charge is 0.265 e. The van der Waals surface area contributed by atoms with Crippen molar-refractivity contribution in [2.24, 2.45) is 0 Å². The Morgan fingerprint density at radius 1 is 0.889 bits per heavy atom. The average Bonchev–Trinajstić information content (AvgIpc) is 3.19. The van der Waals surface area contributed by atoms with Crippen LogP contribution in [0.15, 0.2) is 54.6 Å². The molecule has 0 aliphatic rings. The summed E-state index contributed by atoms with van der Waals surface area (Å²) >= 11 is 1.18. The predicted molar refractivity (Wildman–Crippen MR) is 107 cm³/mol. The highest BCUT2D eigenvalue weighted by molar-refractivity contribution is 7.16. The molecule has 0 aliphatic heterocycles. The number of thiophene rings is 1. The lowest BCUT2D eigenvalue weighted by molar-refractivity contribution is 0.101. The Morgan fingerprint density at radius 2 is 1.59 bits per heavy atom. The highest BCUT2D eigenvalue weighted by atomic mass is 32.1. The van der Waals surface area contributed by atoms with Crippen LogP contribution in [0.5, 0.6) is 11.5 Å². The predicted octanol–water partition coefficient (Wildman–Crippen LogP) is 4.89. The topological polar surface area (TPSA) is 64.6 Å². The zero-order chi connectivity index (χ0) is 19.4. The Labute approximate surface area is 161 Å². The number of ether oxygens (including phenoxy) is 2. The molecular weight excluding hydrogens is 362 g/mol. The zero-order valence-electron chi connectivity index (χ0n) is 15.2. The van der Waals surface area contributed by atoms with Gasteiger partial charge in [-0.3, -0.25) is 9.59 Å². The Balaban J connectivity index is 1.87. The third-order valence-electron chi connectivity index (χ3n) is 4.04. The van der Waals surface area contributed by atoms with Crippen molar-refractivity contribution in [3.05, 3.63) is 64.4 Å². The molecule has 0 atom stereocenters. The second kappa shape index (κ2) is 8.05. The number of Topliss-reactive ketones (excluding diaryl/α,β-unsaturated/α-hetero) is 1. The van der Waals surface area contributed by atoms with Gasteiger partial charge in [-0.05, 0) is 55.0 Å². The lowest BCUT2D eigenvalue weighted by atomic mass is 10.0. The molecule has 0 radical (unpaired) electrons. The fraction of sp³-hybridized carbons (Fsp3) is 0.143. The van der Waals surface area contributed by atoms with E-state index >= 15 is 0 Å². The highest BCUT2D eigenvalue weighted by Gasteiger charge is 2.13. The first-order valence-corrected chi connectivity index (χ1v) is 9.08. The van der Waals surface area contributed by atoms with Crippen molar-refractivity contribution in [3.63, 3.8) is 0 Å². The van der Waals surface area contributed by atoms with Gasteiger partial charge in [0.25, 0.3) is 5.91 Å². The second-order valence-electron chi connectivity index (χ2n) is 5.82. The maximum absolute atomic E-state index is 12.5. The van der Waals surface area contributed by atoms with Gasteiger partial charge in [0.1, 0.15) is 11.5 Å². The van der Waals surface area contributed by atoms with Gasteiger partial charge in [-0.15, -0.1) is 11.3 Å². The van der Waals surface area contributed by atoms with E-state index in [2.05, 4.69) is 5.32 Å². The summed E-state index contributed by atoms with van der Waals surface area (Å²) in [4.78, 5) is 24.9. The van der Waals surface area contributed by atoms with Gasteiger partial charge in [-0.2, -0.15) is 0 Å². The van der Waals surface area contributed by atoms with Crippen molar-refractivity contribution in [1.29, 1.82) is 0 Å². The van der Waals surface area contributed by atoms with Crippen LogP contribution < -0.4 is 14.8 Å². The summed E-state index contributed by atoms with van der Waals surface area (Å²) in [7, 11) is 3.23. The number of anilines is 1. The summed E-state index contributed by atoms with van der Waals surface area (Å²) in [6, 6.07) is 16.4. The van der Waals surface area contributed by atoms with Crippen molar-refractivity contribution < 1.29 is 19.1 Å². The minimum atomic E-state index is -0.252. The molecule has 1 amide bonds. The van der Waals surface area contributed by atoms with Crippen molar-refractivity contribution in [2.75, 3.05) is 19.5 Å². The molecule has 0 fully saturated rings. The van der Waals surface area contributed by atoms with Gasteiger partial charge in [-0.1, -0.05) is 12.1 Å². The number of nitrogens with one attached hydrogen (secondary N) is 1. The maximum Gasteiger partial charge on any atom is 0.265 e. The number of hydrogen-bond acceptors (Lipinski definition) is 5. The number of ketones is 1. The quantitative estimate of drug-likeness (QED) is 0.618. The summed E-state index contributed by atoms with van der Waals surface area (Å²) in [5.41, 5.74) is 2.44. The highest BCUT2D eigenvalue weighted by Crippen LogP contribution is 2.33. The van der Waals surface area contributed by atoms with Crippen molar-refractivity contribution in [1.82, 2.24) is 0 Å².